The molecule has 3 aromatic rings. The van der Waals surface area contributed by atoms with Crippen LogP contribution in [-0.2, 0) is 14.8 Å². The van der Waals surface area contributed by atoms with Crippen molar-refractivity contribution in [2.45, 2.75) is 70.0 Å². The third-order valence-electron chi connectivity index (χ3n) is 8.42. The Labute approximate surface area is 279 Å². The molecule has 1 heterocycles. The van der Waals surface area contributed by atoms with E-state index in [0.717, 1.165) is 74.9 Å². The summed E-state index contributed by atoms with van der Waals surface area (Å²) in [6.45, 7) is 4.13. The highest BCUT2D eigenvalue weighted by atomic mass is 32.2. The van der Waals surface area contributed by atoms with Crippen LogP contribution in [0.25, 0.3) is 11.1 Å². The number of sulfonamides is 1. The quantitative estimate of drug-likeness (QED) is 0.0766. The molecule has 1 amide bonds. The third-order valence-corrected chi connectivity index (χ3v) is 9.01. The van der Waals surface area contributed by atoms with Gasteiger partial charge in [0.2, 0.25) is 10.0 Å². The van der Waals surface area contributed by atoms with Crippen LogP contribution in [0.4, 0.5) is 16.2 Å². The highest BCUT2D eigenvalue weighted by Crippen LogP contribution is 2.29. The number of anilines is 2. The maximum absolute atomic E-state index is 12.7. The number of benzene rings is 3. The number of phenols is 1. The minimum absolute atomic E-state index is 0.0574. The Morgan fingerprint density at radius 1 is 0.894 bits per heavy atom. The molecule has 0 saturated carbocycles. The van der Waals surface area contributed by atoms with Gasteiger partial charge in [-0.25, -0.2) is 13.2 Å². The highest BCUT2D eigenvalue weighted by Gasteiger charge is 2.22. The topological polar surface area (TPSA) is 140 Å². The fourth-order valence-corrected chi connectivity index (χ4v) is 6.43. The van der Waals surface area contributed by atoms with Gasteiger partial charge in [0.1, 0.15) is 11.9 Å². The number of carbonyl (C=O) groups excluding carboxylic acids is 1. The van der Waals surface area contributed by atoms with Crippen LogP contribution in [0.3, 0.4) is 0 Å². The van der Waals surface area contributed by atoms with Gasteiger partial charge in [0.25, 0.3) is 0 Å². The lowest BCUT2D eigenvalue weighted by atomic mass is 10.0. The molecule has 0 bridgehead atoms. The summed E-state index contributed by atoms with van der Waals surface area (Å²) in [5.74, 6) is -0.185. The number of aromatic hydroxyl groups is 1. The molecule has 0 aromatic heterocycles. The first-order valence-corrected chi connectivity index (χ1v) is 18.6. The molecule has 1 aliphatic heterocycles. The average molecular weight is 667 g/mol. The van der Waals surface area contributed by atoms with Gasteiger partial charge in [0.15, 0.2) is 0 Å². The standard InChI is InChI=1S/C36H50N4O6S/c1-47(44,45)39-33-26-29(18-19-34(33)41)35(42)27-37-22-12-5-3-2-4-6-13-23-40-24-20-30(21-25-40)46-36(43)38-32-17-11-10-16-31(32)28-14-8-7-9-15-28/h7-11,14-19,26,30,35,37,39,41-42H,2-6,12-13,20-25,27H2,1H3,(H,38,43)/t35-/m0/s1. The number of unbranched alkanes of at least 4 members (excludes halogenated alkanes) is 6. The zero-order valence-electron chi connectivity index (χ0n) is 27.4. The fourth-order valence-electron chi connectivity index (χ4n) is 5.87. The maximum atomic E-state index is 12.7. The van der Waals surface area contributed by atoms with Crippen LogP contribution >= 0.6 is 0 Å². The summed E-state index contributed by atoms with van der Waals surface area (Å²) in [5.41, 5.74) is 3.36. The number of nitrogens with one attached hydrogen (secondary N) is 3. The molecule has 0 unspecified atom stereocenters. The van der Waals surface area contributed by atoms with Crippen molar-refractivity contribution < 1.29 is 28.2 Å². The van der Waals surface area contributed by atoms with E-state index in [2.05, 4.69) is 20.3 Å². The highest BCUT2D eigenvalue weighted by molar-refractivity contribution is 7.92. The maximum Gasteiger partial charge on any atom is 0.411 e. The molecular formula is C36H50N4O6S. The van der Waals surface area contributed by atoms with Gasteiger partial charge in [-0.05, 0) is 68.1 Å². The summed E-state index contributed by atoms with van der Waals surface area (Å²) in [7, 11) is -3.53. The number of amides is 1. The number of likely N-dealkylation sites (tertiary alicyclic amines) is 1. The number of hydrogen-bond donors (Lipinski definition) is 5. The van der Waals surface area contributed by atoms with Gasteiger partial charge in [0, 0.05) is 25.2 Å². The van der Waals surface area contributed by atoms with Crippen molar-refractivity contribution in [2.75, 3.05) is 49.0 Å². The van der Waals surface area contributed by atoms with E-state index in [4.69, 9.17) is 4.74 Å². The summed E-state index contributed by atoms with van der Waals surface area (Å²) in [6.07, 6.45) is 9.64. The number of phenolic OH excluding ortho intramolecular Hbond substituents is 1. The molecule has 5 N–H and O–H groups in total. The van der Waals surface area contributed by atoms with Crippen molar-refractivity contribution in [3.63, 3.8) is 0 Å². The zero-order valence-corrected chi connectivity index (χ0v) is 28.2. The van der Waals surface area contributed by atoms with Crippen LogP contribution in [0.1, 0.15) is 69.5 Å². The minimum atomic E-state index is -3.53. The van der Waals surface area contributed by atoms with Crippen LogP contribution in [0, 0.1) is 0 Å². The van der Waals surface area contributed by atoms with Gasteiger partial charge in [-0.15, -0.1) is 0 Å². The monoisotopic (exact) mass is 666 g/mol. The third kappa shape index (κ3) is 12.8. The lowest BCUT2D eigenvalue weighted by Crippen LogP contribution is -2.38. The van der Waals surface area contributed by atoms with Crippen molar-refractivity contribution in [3.05, 3.63) is 78.4 Å². The van der Waals surface area contributed by atoms with Crippen LogP contribution in [-0.4, -0.2) is 74.7 Å². The average Bonchev–Trinajstić information content (AvgIpc) is 3.05. The predicted octanol–water partition coefficient (Wildman–Crippen LogP) is 6.50. The van der Waals surface area contributed by atoms with E-state index in [9.17, 15) is 23.4 Å². The molecule has 11 heteroatoms. The van der Waals surface area contributed by atoms with Gasteiger partial charge in [-0.3, -0.25) is 10.0 Å². The molecule has 0 aliphatic carbocycles. The molecule has 4 rings (SSSR count). The van der Waals surface area contributed by atoms with Crippen LogP contribution < -0.4 is 15.4 Å². The van der Waals surface area contributed by atoms with Crippen molar-refractivity contribution in [2.24, 2.45) is 0 Å². The smallest absolute Gasteiger partial charge is 0.411 e. The van der Waals surface area contributed by atoms with Crippen LogP contribution in [0.15, 0.2) is 72.8 Å². The molecular weight excluding hydrogens is 616 g/mol. The van der Waals surface area contributed by atoms with E-state index in [-0.39, 0.29) is 17.5 Å². The Balaban J connectivity index is 0.993. The lowest BCUT2D eigenvalue weighted by Gasteiger charge is -2.31. The first kappa shape index (κ1) is 36.2. The summed E-state index contributed by atoms with van der Waals surface area (Å²) >= 11 is 0. The first-order chi connectivity index (χ1) is 22.7. The fraction of sp³-hybridized carbons (Fsp3) is 0.472. The lowest BCUT2D eigenvalue weighted by molar-refractivity contribution is 0.0584. The summed E-state index contributed by atoms with van der Waals surface area (Å²) in [4.78, 5) is 15.1. The van der Waals surface area contributed by atoms with E-state index in [1.807, 2.05) is 54.6 Å². The zero-order chi connectivity index (χ0) is 33.5. The summed E-state index contributed by atoms with van der Waals surface area (Å²) in [6, 6.07) is 22.2. The predicted molar refractivity (Wildman–Crippen MR) is 188 cm³/mol. The molecule has 1 fully saturated rings. The van der Waals surface area contributed by atoms with Crippen LogP contribution in [0.5, 0.6) is 5.75 Å². The first-order valence-electron chi connectivity index (χ1n) is 16.7. The van der Waals surface area contributed by atoms with Gasteiger partial charge >= 0.3 is 6.09 Å². The van der Waals surface area contributed by atoms with Crippen molar-refractivity contribution >= 4 is 27.5 Å². The normalized spacial score (nSPS) is 14.9. The molecule has 1 atom stereocenters. The van der Waals surface area contributed by atoms with E-state index in [1.165, 1.54) is 44.2 Å². The second kappa shape index (κ2) is 18.6. The van der Waals surface area contributed by atoms with Crippen molar-refractivity contribution in [3.8, 4) is 16.9 Å². The second-order valence-electron chi connectivity index (χ2n) is 12.3. The van der Waals surface area contributed by atoms with Gasteiger partial charge < -0.3 is 25.2 Å². The molecule has 256 valence electrons. The van der Waals surface area contributed by atoms with Crippen molar-refractivity contribution in [1.82, 2.24) is 10.2 Å². The van der Waals surface area contributed by atoms with Crippen molar-refractivity contribution in [1.29, 1.82) is 0 Å². The van der Waals surface area contributed by atoms with Gasteiger partial charge in [0.05, 0.1) is 23.7 Å². The molecule has 1 aliphatic rings. The Morgan fingerprint density at radius 3 is 2.28 bits per heavy atom. The summed E-state index contributed by atoms with van der Waals surface area (Å²) < 4.78 is 31.0. The number of piperidine rings is 1. The number of nitrogens with zero attached hydrogens (tertiary/aromatic N) is 1. The minimum Gasteiger partial charge on any atom is -0.506 e. The van der Waals surface area contributed by atoms with E-state index in [0.29, 0.717) is 12.1 Å². The molecule has 0 spiro atoms. The number of carbonyl (C=O) groups is 1. The summed E-state index contributed by atoms with van der Waals surface area (Å²) in [5, 5.41) is 26.5. The number of ether oxygens (including phenoxy) is 1. The van der Waals surface area contributed by atoms with Crippen LogP contribution in [0.2, 0.25) is 0 Å². The Kier molecular flexibility index (Phi) is 14.4. The molecule has 10 nitrogen and oxygen atoms in total. The molecule has 3 aromatic carbocycles. The Morgan fingerprint density at radius 2 is 1.55 bits per heavy atom. The number of aliphatic hydroxyl groups is 1. The van der Waals surface area contributed by atoms with E-state index in [1.54, 1.807) is 6.07 Å². The number of hydrogen-bond acceptors (Lipinski definition) is 8. The molecule has 0 radical (unpaired) electrons. The second-order valence-corrected chi connectivity index (χ2v) is 14.1. The van der Waals surface area contributed by atoms with Gasteiger partial charge in [-0.1, -0.05) is 86.7 Å². The Bertz CT molecular complexity index is 1500. The molecule has 1 saturated heterocycles. The number of para-hydroxylation sites is 1. The number of rotatable bonds is 18. The largest absolute Gasteiger partial charge is 0.506 e. The van der Waals surface area contributed by atoms with E-state index >= 15 is 0 Å². The van der Waals surface area contributed by atoms with E-state index < -0.39 is 22.2 Å². The number of aliphatic hydroxyl groups excluding tert-OH is 1. The molecule has 47 heavy (non-hydrogen) atoms. The van der Waals surface area contributed by atoms with Gasteiger partial charge in [-0.2, -0.15) is 0 Å². The SMILES string of the molecule is CS(=O)(=O)Nc1cc([C@@H](O)CNCCCCCCCCCN2CCC(OC(=O)Nc3ccccc3-c3ccccc3)CC2)ccc1O. The Hall–Kier alpha value is -3.64.